The van der Waals surface area contributed by atoms with Crippen molar-refractivity contribution < 1.29 is 9.13 Å². The highest BCUT2D eigenvalue weighted by molar-refractivity contribution is 5.96. The predicted molar refractivity (Wildman–Crippen MR) is 137 cm³/mol. The van der Waals surface area contributed by atoms with Gasteiger partial charge in [-0.15, -0.1) is 0 Å². The van der Waals surface area contributed by atoms with E-state index in [-0.39, 0.29) is 5.82 Å². The Balaban J connectivity index is 1.41. The summed E-state index contributed by atoms with van der Waals surface area (Å²) in [7, 11) is 3.92. The van der Waals surface area contributed by atoms with Crippen LogP contribution < -0.4 is 4.74 Å². The topological polar surface area (TPSA) is 121 Å². The fraction of sp³-hybridized carbons (Fsp3) is 0.154. The largest absolute Gasteiger partial charge is 0.492 e. The van der Waals surface area contributed by atoms with Gasteiger partial charge in [0.2, 0.25) is 0 Å². The van der Waals surface area contributed by atoms with Crippen molar-refractivity contribution in [3.8, 4) is 39.8 Å². The molecule has 5 aromatic heterocycles. The van der Waals surface area contributed by atoms with Gasteiger partial charge in [-0.1, -0.05) is 0 Å². The number of benzene rings is 1. The summed E-state index contributed by atoms with van der Waals surface area (Å²) in [4.78, 5) is 27.4. The molecule has 6 aromatic rings. The molecule has 10 nitrogen and oxygen atoms in total. The standard InChI is InChI=1S/C26H22FN9O/c1-36(2)7-8-37-17-10-15(9-16(27)11-17)18-3-4-30-25-23(18)32-26(33-25)24-19-12-20(22-13-28-5-6-29-22)31-14-21(19)34-35-24/h3-6,9-14H,7-8H2,1-2H3,(H,34,35)(H,30,32,33). The summed E-state index contributed by atoms with van der Waals surface area (Å²) in [6, 6.07) is 8.38. The van der Waals surface area contributed by atoms with Crippen molar-refractivity contribution in [1.82, 2.24) is 45.0 Å². The van der Waals surface area contributed by atoms with E-state index in [1.54, 1.807) is 31.0 Å². The number of nitrogens with one attached hydrogen (secondary N) is 2. The summed E-state index contributed by atoms with van der Waals surface area (Å²) in [5, 5.41) is 8.29. The van der Waals surface area contributed by atoms with Crippen LogP contribution in [-0.2, 0) is 0 Å². The number of pyridine rings is 2. The number of ether oxygens (including phenoxy) is 1. The van der Waals surface area contributed by atoms with E-state index in [1.165, 1.54) is 12.1 Å². The molecule has 0 radical (unpaired) electrons. The van der Waals surface area contributed by atoms with Crippen LogP contribution in [0.3, 0.4) is 0 Å². The maximum atomic E-state index is 14.5. The number of hydrogen-bond donors (Lipinski definition) is 2. The van der Waals surface area contributed by atoms with Crippen LogP contribution in [0.25, 0.3) is 56.1 Å². The Morgan fingerprint density at radius 2 is 1.89 bits per heavy atom. The Morgan fingerprint density at radius 3 is 2.73 bits per heavy atom. The minimum Gasteiger partial charge on any atom is -0.492 e. The van der Waals surface area contributed by atoms with Crippen LogP contribution in [0.4, 0.5) is 4.39 Å². The van der Waals surface area contributed by atoms with Crippen LogP contribution in [0.1, 0.15) is 0 Å². The Hall–Kier alpha value is -4.77. The summed E-state index contributed by atoms with van der Waals surface area (Å²) >= 11 is 0. The third kappa shape index (κ3) is 4.47. The molecule has 184 valence electrons. The molecule has 6 rings (SSSR count). The minimum absolute atomic E-state index is 0.385. The van der Waals surface area contributed by atoms with Gasteiger partial charge in [-0.05, 0) is 43.9 Å². The van der Waals surface area contributed by atoms with Gasteiger partial charge < -0.3 is 14.6 Å². The molecule has 0 aliphatic carbocycles. The van der Waals surface area contributed by atoms with Crippen LogP contribution in [0.2, 0.25) is 0 Å². The normalized spacial score (nSPS) is 11.6. The van der Waals surface area contributed by atoms with Crippen molar-refractivity contribution in [3.63, 3.8) is 0 Å². The average Bonchev–Trinajstić information content (AvgIpc) is 3.52. The second kappa shape index (κ2) is 9.36. The first kappa shape index (κ1) is 22.7. The Labute approximate surface area is 210 Å². The fourth-order valence-electron chi connectivity index (χ4n) is 4.08. The quantitative estimate of drug-likeness (QED) is 0.340. The van der Waals surface area contributed by atoms with Crippen LogP contribution in [0.15, 0.2) is 61.3 Å². The zero-order valence-electron chi connectivity index (χ0n) is 20.1. The summed E-state index contributed by atoms with van der Waals surface area (Å²) in [5.41, 5.74) is 5.25. The Morgan fingerprint density at radius 1 is 0.973 bits per heavy atom. The molecule has 0 saturated heterocycles. The number of aromatic nitrogens is 8. The number of hydrogen-bond acceptors (Lipinski definition) is 8. The molecule has 2 N–H and O–H groups in total. The van der Waals surface area contributed by atoms with Gasteiger partial charge in [0.25, 0.3) is 0 Å². The second-order valence-corrected chi connectivity index (χ2v) is 8.75. The summed E-state index contributed by atoms with van der Waals surface area (Å²) in [5.74, 6) is 0.602. The van der Waals surface area contributed by atoms with Crippen LogP contribution >= 0.6 is 0 Å². The molecule has 0 spiro atoms. The van der Waals surface area contributed by atoms with Crippen molar-refractivity contribution in [1.29, 1.82) is 0 Å². The van der Waals surface area contributed by atoms with Crippen LogP contribution in [0.5, 0.6) is 5.75 Å². The van der Waals surface area contributed by atoms with E-state index in [2.05, 4.69) is 40.1 Å². The number of imidazole rings is 1. The van der Waals surface area contributed by atoms with E-state index in [1.807, 2.05) is 37.2 Å². The molecule has 0 unspecified atom stereocenters. The first-order valence-corrected chi connectivity index (χ1v) is 11.6. The number of H-pyrrole nitrogens is 2. The minimum atomic E-state index is -0.385. The first-order valence-electron chi connectivity index (χ1n) is 11.6. The average molecular weight is 496 g/mol. The van der Waals surface area contributed by atoms with Gasteiger partial charge >= 0.3 is 0 Å². The monoisotopic (exact) mass is 495 g/mol. The van der Waals surface area contributed by atoms with Gasteiger partial charge in [0.15, 0.2) is 11.5 Å². The maximum absolute atomic E-state index is 14.5. The van der Waals surface area contributed by atoms with E-state index in [9.17, 15) is 4.39 Å². The van der Waals surface area contributed by atoms with Crippen molar-refractivity contribution >= 4 is 22.1 Å². The summed E-state index contributed by atoms with van der Waals surface area (Å²) < 4.78 is 20.3. The van der Waals surface area contributed by atoms with Gasteiger partial charge in [0.1, 0.15) is 29.6 Å². The van der Waals surface area contributed by atoms with Gasteiger partial charge in [-0.3, -0.25) is 20.1 Å². The van der Waals surface area contributed by atoms with Crippen molar-refractivity contribution in [2.75, 3.05) is 27.2 Å². The Bertz CT molecular complexity index is 1710. The van der Waals surface area contributed by atoms with E-state index < -0.39 is 0 Å². The molecular formula is C26H22FN9O. The molecule has 0 aliphatic heterocycles. The molecule has 0 fully saturated rings. The Kier molecular flexibility index (Phi) is 5.73. The molecule has 1 aromatic carbocycles. The number of rotatable bonds is 7. The summed E-state index contributed by atoms with van der Waals surface area (Å²) in [6.45, 7) is 1.18. The number of likely N-dealkylation sites (N-methyl/N-ethyl adjacent to an activating group) is 1. The zero-order valence-corrected chi connectivity index (χ0v) is 20.1. The number of fused-ring (bicyclic) bond motifs is 2. The van der Waals surface area contributed by atoms with Crippen LogP contribution in [0, 0.1) is 5.82 Å². The predicted octanol–water partition coefficient (Wildman–Crippen LogP) is 4.10. The van der Waals surface area contributed by atoms with Crippen molar-refractivity contribution in [3.05, 3.63) is 67.1 Å². The number of halogens is 1. The maximum Gasteiger partial charge on any atom is 0.178 e. The summed E-state index contributed by atoms with van der Waals surface area (Å²) in [6.07, 6.45) is 8.24. The third-order valence-electron chi connectivity index (χ3n) is 5.88. The van der Waals surface area contributed by atoms with Gasteiger partial charge in [-0.25, -0.2) is 14.4 Å². The van der Waals surface area contributed by atoms with E-state index in [0.29, 0.717) is 52.0 Å². The molecular weight excluding hydrogens is 473 g/mol. The lowest BCUT2D eigenvalue weighted by Crippen LogP contribution is -2.19. The molecule has 37 heavy (non-hydrogen) atoms. The highest BCUT2D eigenvalue weighted by atomic mass is 19.1. The third-order valence-corrected chi connectivity index (χ3v) is 5.88. The number of nitrogens with zero attached hydrogens (tertiary/aromatic N) is 7. The molecule has 0 aliphatic rings. The molecule has 5 heterocycles. The highest BCUT2D eigenvalue weighted by Crippen LogP contribution is 2.33. The molecule has 0 saturated carbocycles. The SMILES string of the molecule is CN(C)CCOc1cc(F)cc(-c2ccnc3nc(-c4n[nH]c5cnc(-c6cnccn6)cc45)[nH]c23)c1. The van der Waals surface area contributed by atoms with Crippen LogP contribution in [-0.4, -0.2) is 72.2 Å². The molecule has 0 atom stereocenters. The highest BCUT2D eigenvalue weighted by Gasteiger charge is 2.17. The second-order valence-electron chi connectivity index (χ2n) is 8.75. The van der Waals surface area contributed by atoms with Crippen molar-refractivity contribution in [2.24, 2.45) is 0 Å². The smallest absolute Gasteiger partial charge is 0.178 e. The van der Waals surface area contributed by atoms with Gasteiger partial charge in [0.05, 0.1) is 29.1 Å². The lowest BCUT2D eigenvalue weighted by Gasteiger charge is -2.12. The molecule has 0 bridgehead atoms. The van der Waals surface area contributed by atoms with E-state index >= 15 is 0 Å². The molecule has 11 heteroatoms. The van der Waals surface area contributed by atoms with Gasteiger partial charge in [-0.2, -0.15) is 5.10 Å². The van der Waals surface area contributed by atoms with E-state index in [4.69, 9.17) is 4.74 Å². The molecule has 0 amide bonds. The van der Waals surface area contributed by atoms with E-state index in [0.717, 1.165) is 23.0 Å². The first-order chi connectivity index (χ1) is 18.0. The lowest BCUT2D eigenvalue weighted by molar-refractivity contribution is 0.260. The zero-order chi connectivity index (χ0) is 25.4. The lowest BCUT2D eigenvalue weighted by atomic mass is 10.1. The fourth-order valence-corrected chi connectivity index (χ4v) is 4.08. The van der Waals surface area contributed by atoms with Gasteiger partial charge in [0, 0.05) is 42.2 Å². The number of aromatic amines is 2. The van der Waals surface area contributed by atoms with Crippen molar-refractivity contribution in [2.45, 2.75) is 0 Å².